The fraction of sp³-hybridized carbons (Fsp3) is 0.333. The molecule has 1 rings (SSSR count). The van der Waals surface area contributed by atoms with Crippen LogP contribution in [-0.4, -0.2) is 17.4 Å². The number of amides is 2. The van der Waals surface area contributed by atoms with Gasteiger partial charge in [-0.25, -0.2) is 0 Å². The van der Waals surface area contributed by atoms with E-state index < -0.39 is 17.4 Å². The summed E-state index contributed by atoms with van der Waals surface area (Å²) < 4.78 is 0. The van der Waals surface area contributed by atoms with Gasteiger partial charge in [0.25, 0.3) is 5.91 Å². The van der Waals surface area contributed by atoms with E-state index in [2.05, 4.69) is 5.32 Å². The molecule has 0 saturated heterocycles. The zero-order valence-electron chi connectivity index (χ0n) is 10.6. The first kappa shape index (κ1) is 15.6. The summed E-state index contributed by atoms with van der Waals surface area (Å²) in [5.74, 6) is -0.979. The van der Waals surface area contributed by atoms with Crippen molar-refractivity contribution in [3.05, 3.63) is 27.7 Å². The SMILES string of the molecule is CC(C)(CC(N)=O)NC(=O)c1cc(N)cc(Cl)c1Cl. The maximum absolute atomic E-state index is 12.1. The third-order valence-electron chi connectivity index (χ3n) is 2.36. The van der Waals surface area contributed by atoms with Crippen LogP contribution < -0.4 is 16.8 Å². The third kappa shape index (κ3) is 4.29. The smallest absolute Gasteiger partial charge is 0.253 e. The molecule has 0 radical (unpaired) electrons. The number of carbonyl (C=O) groups is 2. The minimum Gasteiger partial charge on any atom is -0.399 e. The van der Waals surface area contributed by atoms with Crippen LogP contribution in [0, 0.1) is 0 Å². The number of carbonyl (C=O) groups excluding carboxylic acids is 2. The van der Waals surface area contributed by atoms with Crippen LogP contribution >= 0.6 is 23.2 Å². The van der Waals surface area contributed by atoms with Gasteiger partial charge in [-0.2, -0.15) is 0 Å². The van der Waals surface area contributed by atoms with E-state index in [-0.39, 0.29) is 22.0 Å². The molecule has 2 amide bonds. The van der Waals surface area contributed by atoms with Gasteiger partial charge < -0.3 is 16.8 Å². The Morgan fingerprint density at radius 2 is 1.89 bits per heavy atom. The summed E-state index contributed by atoms with van der Waals surface area (Å²) in [6, 6.07) is 2.87. The number of nitrogen functional groups attached to an aromatic ring is 1. The van der Waals surface area contributed by atoms with Gasteiger partial charge >= 0.3 is 0 Å². The molecule has 104 valence electrons. The number of hydrogen-bond acceptors (Lipinski definition) is 3. The molecular weight excluding hydrogens is 289 g/mol. The number of halogens is 2. The Hall–Kier alpha value is -1.46. The predicted octanol–water partition coefficient (Wildman–Crippen LogP) is 1.96. The molecule has 0 aliphatic rings. The van der Waals surface area contributed by atoms with Crippen molar-refractivity contribution < 1.29 is 9.59 Å². The fourth-order valence-electron chi connectivity index (χ4n) is 1.63. The molecule has 1 aromatic rings. The van der Waals surface area contributed by atoms with Gasteiger partial charge in [-0.05, 0) is 26.0 Å². The van der Waals surface area contributed by atoms with E-state index in [0.29, 0.717) is 5.69 Å². The first-order chi connectivity index (χ1) is 8.62. The van der Waals surface area contributed by atoms with Crippen molar-refractivity contribution in [2.45, 2.75) is 25.8 Å². The number of anilines is 1. The predicted molar refractivity (Wildman–Crippen MR) is 76.2 cm³/mol. The molecule has 7 heteroatoms. The summed E-state index contributed by atoms with van der Waals surface area (Å²) in [6.45, 7) is 3.36. The molecule has 0 aliphatic heterocycles. The molecule has 0 spiro atoms. The molecule has 19 heavy (non-hydrogen) atoms. The Morgan fingerprint density at radius 3 is 2.42 bits per heavy atom. The summed E-state index contributed by atoms with van der Waals surface area (Å²) in [5.41, 5.74) is 10.4. The van der Waals surface area contributed by atoms with E-state index in [1.165, 1.54) is 12.1 Å². The normalized spacial score (nSPS) is 11.2. The molecule has 0 aliphatic carbocycles. The quantitative estimate of drug-likeness (QED) is 0.741. The summed E-state index contributed by atoms with van der Waals surface area (Å²) in [6.07, 6.45) is 0.00636. The summed E-state index contributed by atoms with van der Waals surface area (Å²) >= 11 is 11.8. The van der Waals surface area contributed by atoms with Gasteiger partial charge in [0.15, 0.2) is 0 Å². The van der Waals surface area contributed by atoms with Gasteiger partial charge in [0, 0.05) is 17.6 Å². The lowest BCUT2D eigenvalue weighted by Crippen LogP contribution is -2.46. The highest BCUT2D eigenvalue weighted by Gasteiger charge is 2.25. The van der Waals surface area contributed by atoms with E-state index in [1.54, 1.807) is 13.8 Å². The molecule has 0 atom stereocenters. The summed E-state index contributed by atoms with van der Waals surface area (Å²) in [7, 11) is 0. The molecule has 5 N–H and O–H groups in total. The minimum absolute atomic E-state index is 0.00636. The van der Waals surface area contributed by atoms with Crippen molar-refractivity contribution in [3.63, 3.8) is 0 Å². The van der Waals surface area contributed by atoms with Crippen LogP contribution in [0.1, 0.15) is 30.6 Å². The molecule has 1 aromatic carbocycles. The average Bonchev–Trinajstić information content (AvgIpc) is 2.20. The van der Waals surface area contributed by atoms with E-state index in [4.69, 9.17) is 34.7 Å². The molecule has 0 unspecified atom stereocenters. The topological polar surface area (TPSA) is 98.2 Å². The maximum atomic E-state index is 12.1. The second-order valence-corrected chi connectivity index (χ2v) is 5.63. The van der Waals surface area contributed by atoms with Crippen molar-refractivity contribution in [2.24, 2.45) is 5.73 Å². The number of rotatable bonds is 4. The lowest BCUT2D eigenvalue weighted by molar-refractivity contribution is -0.119. The standard InChI is InChI=1S/C12H15Cl2N3O2/c1-12(2,5-9(16)18)17-11(19)7-3-6(15)4-8(13)10(7)14/h3-4H,5,15H2,1-2H3,(H2,16,18)(H,17,19). The molecule has 0 fully saturated rings. The lowest BCUT2D eigenvalue weighted by Gasteiger charge is -2.25. The van der Waals surface area contributed by atoms with Gasteiger partial charge in [-0.3, -0.25) is 9.59 Å². The van der Waals surface area contributed by atoms with Crippen molar-refractivity contribution in [1.29, 1.82) is 0 Å². The van der Waals surface area contributed by atoms with Crippen molar-refractivity contribution >= 4 is 40.7 Å². The van der Waals surface area contributed by atoms with Gasteiger partial charge in [-0.15, -0.1) is 0 Å². The monoisotopic (exact) mass is 303 g/mol. The molecule has 0 saturated carbocycles. The summed E-state index contributed by atoms with van der Waals surface area (Å²) in [4.78, 5) is 23.0. The van der Waals surface area contributed by atoms with Crippen molar-refractivity contribution in [1.82, 2.24) is 5.32 Å². The van der Waals surface area contributed by atoms with Crippen LogP contribution in [0.4, 0.5) is 5.69 Å². The average molecular weight is 304 g/mol. The molecule has 5 nitrogen and oxygen atoms in total. The second kappa shape index (κ2) is 5.67. The highest BCUT2D eigenvalue weighted by Crippen LogP contribution is 2.29. The Bertz CT molecular complexity index is 530. The van der Waals surface area contributed by atoms with Gasteiger partial charge in [-0.1, -0.05) is 23.2 Å². The van der Waals surface area contributed by atoms with Crippen LogP contribution in [0.25, 0.3) is 0 Å². The first-order valence-corrected chi connectivity index (χ1v) is 6.23. The molecule has 0 heterocycles. The Labute approximate surface area is 121 Å². The first-order valence-electron chi connectivity index (χ1n) is 5.48. The largest absolute Gasteiger partial charge is 0.399 e. The molecule has 0 bridgehead atoms. The lowest BCUT2D eigenvalue weighted by atomic mass is 9.99. The fourth-order valence-corrected chi connectivity index (χ4v) is 2.05. The molecule has 0 aromatic heterocycles. The molecular formula is C12H15Cl2N3O2. The van der Waals surface area contributed by atoms with Gasteiger partial charge in [0.05, 0.1) is 15.6 Å². The van der Waals surface area contributed by atoms with Crippen LogP contribution in [0.5, 0.6) is 0 Å². The van der Waals surface area contributed by atoms with Crippen molar-refractivity contribution in [3.8, 4) is 0 Å². The van der Waals surface area contributed by atoms with Crippen LogP contribution in [0.3, 0.4) is 0 Å². The van der Waals surface area contributed by atoms with Crippen LogP contribution in [0.2, 0.25) is 10.0 Å². The zero-order chi connectivity index (χ0) is 14.8. The van der Waals surface area contributed by atoms with E-state index in [1.807, 2.05) is 0 Å². The number of hydrogen-bond donors (Lipinski definition) is 3. The third-order valence-corrected chi connectivity index (χ3v) is 3.17. The van der Waals surface area contributed by atoms with Gasteiger partial charge in [0.2, 0.25) is 5.91 Å². The van der Waals surface area contributed by atoms with E-state index in [0.717, 1.165) is 0 Å². The van der Waals surface area contributed by atoms with Crippen molar-refractivity contribution in [2.75, 3.05) is 5.73 Å². The number of primary amides is 1. The van der Waals surface area contributed by atoms with Crippen LogP contribution in [-0.2, 0) is 4.79 Å². The summed E-state index contributed by atoms with van der Waals surface area (Å²) in [5, 5.41) is 2.97. The number of benzene rings is 1. The van der Waals surface area contributed by atoms with Crippen LogP contribution in [0.15, 0.2) is 12.1 Å². The number of nitrogens with one attached hydrogen (secondary N) is 1. The van der Waals surface area contributed by atoms with Gasteiger partial charge in [0.1, 0.15) is 0 Å². The zero-order valence-corrected chi connectivity index (χ0v) is 12.1. The number of nitrogens with two attached hydrogens (primary N) is 2. The minimum atomic E-state index is -0.788. The Kier molecular flexibility index (Phi) is 4.66. The maximum Gasteiger partial charge on any atom is 0.253 e. The van der Waals surface area contributed by atoms with E-state index in [9.17, 15) is 9.59 Å². The highest BCUT2D eigenvalue weighted by atomic mass is 35.5. The Balaban J connectivity index is 2.99. The van der Waals surface area contributed by atoms with E-state index >= 15 is 0 Å². The Morgan fingerprint density at radius 1 is 1.32 bits per heavy atom. The second-order valence-electron chi connectivity index (χ2n) is 4.85. The highest BCUT2D eigenvalue weighted by molar-refractivity contribution is 6.44.